The summed E-state index contributed by atoms with van der Waals surface area (Å²) in [6, 6.07) is 9.41. The van der Waals surface area contributed by atoms with Gasteiger partial charge in [-0.1, -0.05) is 30.7 Å². The second kappa shape index (κ2) is 11.8. The van der Waals surface area contributed by atoms with Crippen LogP contribution in [-0.2, 0) is 6.42 Å². The topological polar surface area (TPSA) is 26.3 Å². The lowest BCUT2D eigenvalue weighted by Gasteiger charge is -2.42. The molecule has 2 fully saturated rings. The van der Waals surface area contributed by atoms with Crippen LogP contribution in [0.1, 0.15) is 85.2 Å². The Morgan fingerprint density at radius 3 is 2.26 bits per heavy atom. The third kappa shape index (κ3) is 6.28. The lowest BCUT2D eigenvalue weighted by Crippen LogP contribution is -2.31. The lowest BCUT2D eigenvalue weighted by molar-refractivity contribution is 0.0733. The molecule has 2 nitrogen and oxygen atoms in total. The molecule has 0 aliphatic heterocycles. The van der Waals surface area contributed by atoms with Gasteiger partial charge in [0.2, 0.25) is 0 Å². The van der Waals surface area contributed by atoms with Gasteiger partial charge in [-0.15, -0.1) is 13.2 Å². The standard InChI is InChI=1S/C31H36F2O2/c1-3-5-7-21-10-15-27(16-11-21)35-31(34)26-19-28(32)30(29(33)20-26)25-14-13-23-17-22(8-6-4-2)9-12-24(23)18-25/h3-4,10-11,15-16,19-20,22-25H,1-2,5-9,12-14,17-18H2. The van der Waals surface area contributed by atoms with E-state index in [0.717, 1.165) is 68.6 Å². The van der Waals surface area contributed by atoms with Crippen LogP contribution in [0.25, 0.3) is 0 Å². The van der Waals surface area contributed by atoms with E-state index >= 15 is 8.78 Å². The minimum atomic E-state index is -0.755. The van der Waals surface area contributed by atoms with Crippen molar-refractivity contribution in [2.45, 2.75) is 70.1 Å². The highest BCUT2D eigenvalue weighted by Crippen LogP contribution is 2.49. The fourth-order valence-corrected chi connectivity index (χ4v) is 6.12. The molecule has 0 amide bonds. The van der Waals surface area contributed by atoms with E-state index in [9.17, 15) is 4.79 Å². The predicted octanol–water partition coefficient (Wildman–Crippen LogP) is 8.57. The van der Waals surface area contributed by atoms with Gasteiger partial charge in [0.1, 0.15) is 17.4 Å². The van der Waals surface area contributed by atoms with Crippen LogP contribution in [0.5, 0.6) is 5.75 Å². The number of hydrogen-bond donors (Lipinski definition) is 0. The van der Waals surface area contributed by atoms with E-state index in [-0.39, 0.29) is 17.0 Å². The number of carbonyl (C=O) groups excluding carboxylic acids is 1. The summed E-state index contributed by atoms with van der Waals surface area (Å²) in [5.41, 5.74) is 1.14. The van der Waals surface area contributed by atoms with E-state index in [1.807, 2.05) is 24.3 Å². The molecule has 2 aromatic carbocycles. The molecule has 0 radical (unpaired) electrons. The molecule has 4 heteroatoms. The summed E-state index contributed by atoms with van der Waals surface area (Å²) in [6.07, 6.45) is 14.1. The minimum Gasteiger partial charge on any atom is -0.423 e. The summed E-state index contributed by atoms with van der Waals surface area (Å²) in [5, 5.41) is 0. The maximum atomic E-state index is 15.1. The van der Waals surface area contributed by atoms with Crippen molar-refractivity contribution in [1.82, 2.24) is 0 Å². The first kappa shape index (κ1) is 25.3. The van der Waals surface area contributed by atoms with Gasteiger partial charge in [0.25, 0.3) is 0 Å². The quantitative estimate of drug-likeness (QED) is 0.205. The van der Waals surface area contributed by atoms with Crippen LogP contribution in [-0.4, -0.2) is 5.97 Å². The van der Waals surface area contributed by atoms with E-state index in [4.69, 9.17) is 4.74 Å². The monoisotopic (exact) mass is 478 g/mol. The maximum Gasteiger partial charge on any atom is 0.343 e. The number of fused-ring (bicyclic) bond motifs is 1. The zero-order valence-electron chi connectivity index (χ0n) is 20.5. The van der Waals surface area contributed by atoms with Crippen LogP contribution in [0.4, 0.5) is 8.78 Å². The number of rotatable bonds is 9. The first-order valence-corrected chi connectivity index (χ1v) is 13.0. The smallest absolute Gasteiger partial charge is 0.343 e. The largest absolute Gasteiger partial charge is 0.423 e. The molecule has 2 aliphatic carbocycles. The highest BCUT2D eigenvalue weighted by atomic mass is 19.1. The van der Waals surface area contributed by atoms with Gasteiger partial charge in [-0.3, -0.25) is 0 Å². The Labute approximate surface area is 208 Å². The van der Waals surface area contributed by atoms with Gasteiger partial charge in [-0.2, -0.15) is 0 Å². The lowest BCUT2D eigenvalue weighted by atomic mass is 9.63. The third-order valence-electron chi connectivity index (χ3n) is 7.99. The van der Waals surface area contributed by atoms with Gasteiger partial charge in [-0.05, 0) is 111 Å². The van der Waals surface area contributed by atoms with Crippen molar-refractivity contribution in [3.05, 3.63) is 90.0 Å². The van der Waals surface area contributed by atoms with Gasteiger partial charge >= 0.3 is 5.97 Å². The van der Waals surface area contributed by atoms with Crippen molar-refractivity contribution >= 4 is 5.97 Å². The number of aryl methyl sites for hydroxylation is 1. The van der Waals surface area contributed by atoms with Gasteiger partial charge in [-0.25, -0.2) is 13.6 Å². The van der Waals surface area contributed by atoms with Crippen LogP contribution < -0.4 is 4.74 Å². The Kier molecular flexibility index (Phi) is 8.54. The summed E-state index contributed by atoms with van der Waals surface area (Å²) in [5.74, 6) is 0.144. The van der Waals surface area contributed by atoms with Crippen molar-refractivity contribution in [3.63, 3.8) is 0 Å². The number of hydrogen-bond acceptors (Lipinski definition) is 2. The number of ether oxygens (including phenoxy) is 1. The van der Waals surface area contributed by atoms with Crippen molar-refractivity contribution < 1.29 is 18.3 Å². The highest BCUT2D eigenvalue weighted by Gasteiger charge is 2.37. The number of benzene rings is 2. The third-order valence-corrected chi connectivity index (χ3v) is 7.99. The van der Waals surface area contributed by atoms with Crippen molar-refractivity contribution in [2.24, 2.45) is 17.8 Å². The Hall–Kier alpha value is -2.75. The summed E-state index contributed by atoms with van der Waals surface area (Å²) < 4.78 is 35.6. The van der Waals surface area contributed by atoms with Crippen LogP contribution in [0.15, 0.2) is 61.7 Å². The number of halogens is 2. The Morgan fingerprint density at radius 1 is 0.914 bits per heavy atom. The van der Waals surface area contributed by atoms with Gasteiger partial charge < -0.3 is 4.74 Å². The fraction of sp³-hybridized carbons (Fsp3) is 0.452. The molecule has 0 saturated heterocycles. The van der Waals surface area contributed by atoms with Crippen LogP contribution in [0.3, 0.4) is 0 Å². The van der Waals surface area contributed by atoms with Crippen LogP contribution in [0, 0.1) is 29.4 Å². The SMILES string of the molecule is C=CCCc1ccc(OC(=O)c2cc(F)c(C3CCC4CC(CCC=C)CCC4C3)c(F)c2)cc1. The average Bonchev–Trinajstić information content (AvgIpc) is 2.86. The molecule has 186 valence electrons. The fourth-order valence-electron chi connectivity index (χ4n) is 6.12. The van der Waals surface area contributed by atoms with Crippen LogP contribution >= 0.6 is 0 Å². The number of carbonyl (C=O) groups is 1. The van der Waals surface area contributed by atoms with E-state index in [1.54, 1.807) is 12.1 Å². The molecule has 0 spiro atoms. The van der Waals surface area contributed by atoms with E-state index in [1.165, 1.54) is 19.3 Å². The van der Waals surface area contributed by atoms with Crippen molar-refractivity contribution in [2.75, 3.05) is 0 Å². The first-order valence-electron chi connectivity index (χ1n) is 13.0. The van der Waals surface area contributed by atoms with Crippen LogP contribution in [0.2, 0.25) is 0 Å². The van der Waals surface area contributed by atoms with Gasteiger partial charge in [0, 0.05) is 5.56 Å². The Bertz CT molecular complexity index is 1020. The van der Waals surface area contributed by atoms with E-state index in [2.05, 4.69) is 13.2 Å². The molecule has 0 N–H and O–H groups in total. The molecule has 4 unspecified atom stereocenters. The van der Waals surface area contributed by atoms with Gasteiger partial charge in [0.05, 0.1) is 5.56 Å². The molecule has 0 heterocycles. The van der Waals surface area contributed by atoms with E-state index in [0.29, 0.717) is 17.6 Å². The molecular weight excluding hydrogens is 442 g/mol. The second-order valence-corrected chi connectivity index (χ2v) is 10.3. The summed E-state index contributed by atoms with van der Waals surface area (Å²) >= 11 is 0. The minimum absolute atomic E-state index is 0.101. The molecule has 0 bridgehead atoms. The molecule has 2 aliphatic rings. The Morgan fingerprint density at radius 2 is 1.57 bits per heavy atom. The molecule has 35 heavy (non-hydrogen) atoms. The summed E-state index contributed by atoms with van der Waals surface area (Å²) in [4.78, 5) is 12.6. The Balaban J connectivity index is 1.39. The zero-order valence-corrected chi connectivity index (χ0v) is 20.5. The molecule has 4 rings (SSSR count). The highest BCUT2D eigenvalue weighted by molar-refractivity contribution is 5.91. The summed E-state index contributed by atoms with van der Waals surface area (Å²) in [7, 11) is 0. The van der Waals surface area contributed by atoms with Gasteiger partial charge in [0.15, 0.2) is 0 Å². The van der Waals surface area contributed by atoms with E-state index < -0.39 is 17.6 Å². The first-order chi connectivity index (χ1) is 17.0. The summed E-state index contributed by atoms with van der Waals surface area (Å²) in [6.45, 7) is 7.55. The molecule has 2 aromatic rings. The maximum absolute atomic E-state index is 15.1. The predicted molar refractivity (Wildman–Crippen MR) is 137 cm³/mol. The van der Waals surface area contributed by atoms with Crippen molar-refractivity contribution in [3.8, 4) is 5.75 Å². The number of esters is 1. The average molecular weight is 479 g/mol. The second-order valence-electron chi connectivity index (χ2n) is 10.3. The molecule has 2 saturated carbocycles. The molecule has 4 atom stereocenters. The normalized spacial score (nSPS) is 23.8. The van der Waals surface area contributed by atoms with Crippen molar-refractivity contribution in [1.29, 1.82) is 0 Å². The number of allylic oxidation sites excluding steroid dienone is 2. The molecule has 0 aromatic heterocycles. The molecular formula is C31H36F2O2. The zero-order chi connectivity index (χ0) is 24.8.